The molecular formula is C16H28N4S. The standard InChI is InChI=1S/C16H28N4S/c1-11-14(10-18-16(4,5)6)9-17-15(19-11)20-7-8-21-13(3)12(20)2/h9,12-13,18H,7-8,10H2,1-6H3. The van der Waals surface area contributed by atoms with Gasteiger partial charge in [0.05, 0.1) is 0 Å². The Morgan fingerprint density at radius 3 is 2.71 bits per heavy atom. The van der Waals surface area contributed by atoms with Gasteiger partial charge in [-0.2, -0.15) is 11.8 Å². The van der Waals surface area contributed by atoms with E-state index >= 15 is 0 Å². The molecule has 1 fully saturated rings. The van der Waals surface area contributed by atoms with E-state index in [2.05, 4.69) is 56.7 Å². The molecule has 2 atom stereocenters. The van der Waals surface area contributed by atoms with E-state index in [1.54, 1.807) is 0 Å². The molecule has 0 aromatic carbocycles. The molecule has 0 spiro atoms. The molecule has 21 heavy (non-hydrogen) atoms. The van der Waals surface area contributed by atoms with Gasteiger partial charge in [-0.25, -0.2) is 9.97 Å². The van der Waals surface area contributed by atoms with E-state index in [9.17, 15) is 0 Å². The average molecular weight is 308 g/mol. The lowest BCUT2D eigenvalue weighted by Gasteiger charge is -2.37. The van der Waals surface area contributed by atoms with Crippen LogP contribution in [-0.4, -0.2) is 39.1 Å². The number of thioether (sulfide) groups is 1. The molecular weight excluding hydrogens is 280 g/mol. The second kappa shape index (κ2) is 6.53. The number of hydrogen-bond acceptors (Lipinski definition) is 5. The van der Waals surface area contributed by atoms with E-state index < -0.39 is 0 Å². The first-order valence-corrected chi connectivity index (χ1v) is 8.78. The molecule has 0 saturated carbocycles. The molecule has 2 heterocycles. The first-order valence-electron chi connectivity index (χ1n) is 7.74. The number of anilines is 1. The fourth-order valence-corrected chi connectivity index (χ4v) is 3.47. The molecule has 1 aliphatic rings. The monoisotopic (exact) mass is 308 g/mol. The van der Waals surface area contributed by atoms with Crippen LogP contribution in [0.4, 0.5) is 5.95 Å². The summed E-state index contributed by atoms with van der Waals surface area (Å²) in [6.45, 7) is 15.0. The first-order chi connectivity index (χ1) is 9.78. The van der Waals surface area contributed by atoms with Crippen LogP contribution in [0.2, 0.25) is 0 Å². The molecule has 1 saturated heterocycles. The Hall–Kier alpha value is -0.810. The van der Waals surface area contributed by atoms with Crippen molar-refractivity contribution in [3.8, 4) is 0 Å². The molecule has 0 radical (unpaired) electrons. The van der Waals surface area contributed by atoms with Crippen LogP contribution >= 0.6 is 11.8 Å². The van der Waals surface area contributed by atoms with Crippen LogP contribution in [0.3, 0.4) is 0 Å². The van der Waals surface area contributed by atoms with Crippen LogP contribution < -0.4 is 10.2 Å². The molecule has 5 heteroatoms. The lowest BCUT2D eigenvalue weighted by molar-refractivity contribution is 0.423. The molecule has 0 amide bonds. The van der Waals surface area contributed by atoms with Gasteiger partial charge in [0, 0.05) is 53.1 Å². The summed E-state index contributed by atoms with van der Waals surface area (Å²) in [4.78, 5) is 11.7. The van der Waals surface area contributed by atoms with E-state index in [0.717, 1.165) is 30.5 Å². The average Bonchev–Trinajstić information content (AvgIpc) is 2.39. The van der Waals surface area contributed by atoms with Crippen molar-refractivity contribution in [2.45, 2.75) is 64.9 Å². The maximum Gasteiger partial charge on any atom is 0.225 e. The van der Waals surface area contributed by atoms with E-state index in [0.29, 0.717) is 11.3 Å². The highest BCUT2D eigenvalue weighted by atomic mass is 32.2. The third-order valence-corrected chi connectivity index (χ3v) is 5.36. The summed E-state index contributed by atoms with van der Waals surface area (Å²) >= 11 is 2.04. The zero-order chi connectivity index (χ0) is 15.6. The van der Waals surface area contributed by atoms with Crippen molar-refractivity contribution in [2.24, 2.45) is 0 Å². The molecule has 2 unspecified atom stereocenters. The van der Waals surface area contributed by atoms with E-state index in [1.807, 2.05) is 18.0 Å². The second-order valence-corrected chi connectivity index (χ2v) is 8.38. The Morgan fingerprint density at radius 2 is 2.10 bits per heavy atom. The Balaban J connectivity index is 2.11. The predicted octanol–water partition coefficient (Wildman–Crippen LogP) is 3.00. The van der Waals surface area contributed by atoms with Crippen molar-refractivity contribution >= 4 is 17.7 Å². The van der Waals surface area contributed by atoms with Crippen LogP contribution in [0.15, 0.2) is 6.20 Å². The third-order valence-electron chi connectivity index (χ3n) is 4.02. The zero-order valence-electron chi connectivity index (χ0n) is 14.1. The van der Waals surface area contributed by atoms with Gasteiger partial charge in [-0.15, -0.1) is 0 Å². The summed E-state index contributed by atoms with van der Waals surface area (Å²) in [5, 5.41) is 4.13. The smallest absolute Gasteiger partial charge is 0.225 e. The number of nitrogens with zero attached hydrogens (tertiary/aromatic N) is 3. The molecule has 1 aliphatic heterocycles. The van der Waals surface area contributed by atoms with Gasteiger partial charge < -0.3 is 10.2 Å². The molecule has 4 nitrogen and oxygen atoms in total. The second-order valence-electron chi connectivity index (χ2n) is 6.89. The Kier molecular flexibility index (Phi) is 5.15. The van der Waals surface area contributed by atoms with Crippen molar-refractivity contribution in [2.75, 3.05) is 17.2 Å². The Bertz CT molecular complexity index is 484. The number of hydrogen-bond donors (Lipinski definition) is 1. The van der Waals surface area contributed by atoms with Gasteiger partial charge in [-0.3, -0.25) is 0 Å². The van der Waals surface area contributed by atoms with Crippen molar-refractivity contribution in [3.63, 3.8) is 0 Å². The fourth-order valence-electron chi connectivity index (χ4n) is 2.37. The molecule has 0 aliphatic carbocycles. The van der Waals surface area contributed by atoms with Gasteiger partial charge >= 0.3 is 0 Å². The van der Waals surface area contributed by atoms with E-state index in [4.69, 9.17) is 4.98 Å². The maximum absolute atomic E-state index is 4.75. The van der Waals surface area contributed by atoms with E-state index in [-0.39, 0.29) is 5.54 Å². The minimum Gasteiger partial charge on any atom is -0.336 e. The maximum atomic E-state index is 4.75. The van der Waals surface area contributed by atoms with Crippen LogP contribution in [0.1, 0.15) is 45.9 Å². The van der Waals surface area contributed by atoms with Crippen LogP contribution in [-0.2, 0) is 6.54 Å². The van der Waals surface area contributed by atoms with Gasteiger partial charge in [0.1, 0.15) is 0 Å². The van der Waals surface area contributed by atoms with Crippen molar-refractivity contribution in [3.05, 3.63) is 17.5 Å². The minimum atomic E-state index is 0.110. The summed E-state index contributed by atoms with van der Waals surface area (Å²) in [5.74, 6) is 2.04. The third kappa shape index (κ3) is 4.33. The van der Waals surface area contributed by atoms with Crippen LogP contribution in [0.5, 0.6) is 0 Å². The van der Waals surface area contributed by atoms with Crippen molar-refractivity contribution < 1.29 is 0 Å². The van der Waals surface area contributed by atoms with Crippen molar-refractivity contribution in [1.82, 2.24) is 15.3 Å². The summed E-state index contributed by atoms with van der Waals surface area (Å²) in [6, 6.07) is 0.488. The lowest BCUT2D eigenvalue weighted by Crippen LogP contribution is -2.45. The number of aromatic nitrogens is 2. The molecule has 1 aromatic rings. The molecule has 1 aromatic heterocycles. The van der Waals surface area contributed by atoms with Gasteiger partial charge in [0.25, 0.3) is 0 Å². The van der Waals surface area contributed by atoms with Gasteiger partial charge in [-0.1, -0.05) is 6.92 Å². The van der Waals surface area contributed by atoms with Crippen LogP contribution in [0, 0.1) is 6.92 Å². The van der Waals surface area contributed by atoms with Gasteiger partial charge in [0.15, 0.2) is 0 Å². The lowest BCUT2D eigenvalue weighted by atomic mass is 10.1. The molecule has 118 valence electrons. The zero-order valence-corrected chi connectivity index (χ0v) is 14.9. The summed E-state index contributed by atoms with van der Waals surface area (Å²) in [5.41, 5.74) is 2.37. The molecule has 2 rings (SSSR count). The van der Waals surface area contributed by atoms with Gasteiger partial charge in [0.2, 0.25) is 5.95 Å². The summed E-state index contributed by atoms with van der Waals surface area (Å²) in [6.07, 6.45) is 1.98. The van der Waals surface area contributed by atoms with Crippen molar-refractivity contribution in [1.29, 1.82) is 0 Å². The number of aryl methyl sites for hydroxylation is 1. The van der Waals surface area contributed by atoms with Crippen LogP contribution in [0.25, 0.3) is 0 Å². The normalized spacial score (nSPS) is 23.4. The van der Waals surface area contributed by atoms with Gasteiger partial charge in [-0.05, 0) is 34.6 Å². The Morgan fingerprint density at radius 1 is 1.38 bits per heavy atom. The number of nitrogens with one attached hydrogen (secondary N) is 1. The fraction of sp³-hybridized carbons (Fsp3) is 0.750. The topological polar surface area (TPSA) is 41.1 Å². The highest BCUT2D eigenvalue weighted by molar-refractivity contribution is 8.00. The first kappa shape index (κ1) is 16.6. The van der Waals surface area contributed by atoms with E-state index in [1.165, 1.54) is 5.56 Å². The predicted molar refractivity (Wildman–Crippen MR) is 92.1 cm³/mol. The Labute approximate surface area is 133 Å². The minimum absolute atomic E-state index is 0.110. The largest absolute Gasteiger partial charge is 0.336 e. The SMILES string of the molecule is Cc1nc(N2CCSC(C)C2C)ncc1CNC(C)(C)C. The number of rotatable bonds is 3. The molecule has 1 N–H and O–H groups in total. The quantitative estimate of drug-likeness (QED) is 0.929. The molecule has 0 bridgehead atoms. The summed E-state index contributed by atoms with van der Waals surface area (Å²) < 4.78 is 0. The highest BCUT2D eigenvalue weighted by Gasteiger charge is 2.27. The highest BCUT2D eigenvalue weighted by Crippen LogP contribution is 2.27. The summed E-state index contributed by atoms with van der Waals surface area (Å²) in [7, 11) is 0.